The van der Waals surface area contributed by atoms with E-state index in [-0.39, 0.29) is 24.8 Å². The van der Waals surface area contributed by atoms with Crippen LogP contribution in [0, 0.1) is 65.0 Å². The summed E-state index contributed by atoms with van der Waals surface area (Å²) in [4.78, 5) is 0. The third kappa shape index (κ3) is 11.0. The molecular weight excluding hydrogens is 823 g/mol. The number of halogens is 2. The quantitative estimate of drug-likeness (QED) is 0.153. The molecule has 0 heterocycles. The van der Waals surface area contributed by atoms with E-state index in [0.29, 0.717) is 11.3 Å². The Hall–Kier alpha value is -3.87. The minimum absolute atomic E-state index is 0. The van der Waals surface area contributed by atoms with Gasteiger partial charge in [0, 0.05) is 0 Å². The van der Waals surface area contributed by atoms with Gasteiger partial charge in [0.15, 0.2) is 0 Å². The Kier molecular flexibility index (Phi) is 16.5. The summed E-state index contributed by atoms with van der Waals surface area (Å²) >= 11 is 1.46. The molecule has 0 aromatic heterocycles. The standard InChI is InChI=1S/C31H29.C13H10.C11H17.2ClH.Zr/c1-18-11-20(3)30(21(4)12-18)24-7-9-28-26(15-24)17-27-16-25(8-10-29(27)28)31-22(5)13-19(2)14-23(31)6;1-3-7-12(8-4-1)11-13-9-5-2-6-10-13;1-5-9-6-7-10(8-9)11(2,3)4;;;/h7-15H,17H2,1-6H3;1-10H;7-9H,5H2,1-4H3;2*1H;/q-1;;-1;;;+2/p-2. The van der Waals surface area contributed by atoms with Crippen molar-refractivity contribution in [1.29, 1.82) is 0 Å². The zero-order chi connectivity index (χ0) is 40.1. The normalized spacial score (nSPS) is 13.4. The van der Waals surface area contributed by atoms with Crippen LogP contribution in [0.2, 0.25) is 0 Å². The second-order valence-electron chi connectivity index (χ2n) is 16.7. The van der Waals surface area contributed by atoms with Crippen LogP contribution in [0.25, 0.3) is 33.4 Å². The molecule has 0 saturated heterocycles. The molecule has 296 valence electrons. The van der Waals surface area contributed by atoms with Crippen molar-refractivity contribution in [2.45, 2.75) is 82.1 Å². The van der Waals surface area contributed by atoms with Gasteiger partial charge in [-0.25, -0.2) is 6.08 Å². The SMILES string of the molecule is CCC1[C-]=CC(C(C)(C)C)=C1.Cc1cc(C)c(-c2[c-]c3c(cc2)-c2ccc(-c4c(C)cc(C)cc4C)cc2C3)c(C)c1.[Cl-].[Cl-].[Zr+2]=[C](c1ccccc1)c1ccccc1. The molecule has 1 unspecified atom stereocenters. The van der Waals surface area contributed by atoms with Gasteiger partial charge >= 0.3 is 99.2 Å². The first-order valence-corrected chi connectivity index (χ1v) is 21.3. The zero-order valence-electron chi connectivity index (χ0n) is 35.9. The van der Waals surface area contributed by atoms with Crippen molar-refractivity contribution in [3.8, 4) is 33.4 Å². The Morgan fingerprint density at radius 3 is 1.60 bits per heavy atom. The molecule has 0 saturated carbocycles. The average molecular weight is 879 g/mol. The number of rotatable bonds is 5. The number of hydrogen-bond donors (Lipinski definition) is 0. The minimum atomic E-state index is 0. The molecule has 0 N–H and O–H groups in total. The average Bonchev–Trinajstić information content (AvgIpc) is 3.80. The first kappa shape index (κ1) is 46.8. The first-order valence-electron chi connectivity index (χ1n) is 20.1. The van der Waals surface area contributed by atoms with Crippen LogP contribution in [0.4, 0.5) is 0 Å². The van der Waals surface area contributed by atoms with Gasteiger partial charge in [0.2, 0.25) is 0 Å². The van der Waals surface area contributed by atoms with Gasteiger partial charge in [0.1, 0.15) is 0 Å². The zero-order valence-corrected chi connectivity index (χ0v) is 39.8. The van der Waals surface area contributed by atoms with Crippen molar-refractivity contribution < 1.29 is 49.0 Å². The Balaban J connectivity index is 0.000000228. The topological polar surface area (TPSA) is 0 Å². The molecule has 0 fully saturated rings. The third-order valence-electron chi connectivity index (χ3n) is 11.0. The Labute approximate surface area is 377 Å². The molecule has 2 aliphatic rings. The van der Waals surface area contributed by atoms with Gasteiger partial charge in [-0.15, -0.1) is 29.3 Å². The van der Waals surface area contributed by atoms with E-state index in [0.717, 1.165) is 6.42 Å². The number of hydrogen-bond acceptors (Lipinski definition) is 0. The van der Waals surface area contributed by atoms with Crippen molar-refractivity contribution in [2.75, 3.05) is 0 Å². The first-order chi connectivity index (χ1) is 26.7. The van der Waals surface area contributed by atoms with Gasteiger partial charge < -0.3 is 24.8 Å². The van der Waals surface area contributed by atoms with E-state index in [2.05, 4.69) is 209 Å². The second-order valence-corrected chi connectivity index (χ2v) is 17.9. The van der Waals surface area contributed by atoms with Crippen LogP contribution in [0.15, 0.2) is 133 Å². The van der Waals surface area contributed by atoms with Crippen molar-refractivity contribution in [3.05, 3.63) is 201 Å². The summed E-state index contributed by atoms with van der Waals surface area (Å²) in [7, 11) is 0. The summed E-state index contributed by atoms with van der Waals surface area (Å²) in [5.41, 5.74) is 23.1. The molecule has 3 heteroatoms. The molecule has 0 amide bonds. The molecule has 0 spiro atoms. The van der Waals surface area contributed by atoms with Crippen LogP contribution in [-0.4, -0.2) is 3.21 Å². The third-order valence-corrected chi connectivity index (χ3v) is 12.4. The summed E-state index contributed by atoms with van der Waals surface area (Å²) in [5.74, 6) is 0.573. The van der Waals surface area contributed by atoms with Crippen LogP contribution >= 0.6 is 0 Å². The van der Waals surface area contributed by atoms with Gasteiger partial charge in [-0.1, -0.05) is 127 Å². The van der Waals surface area contributed by atoms with E-state index < -0.39 is 0 Å². The number of allylic oxidation sites excluding steroid dienone is 4. The molecule has 6 aromatic carbocycles. The molecule has 6 aromatic rings. The maximum absolute atomic E-state index is 3.78. The predicted octanol–water partition coefficient (Wildman–Crippen LogP) is 8.41. The van der Waals surface area contributed by atoms with E-state index in [9.17, 15) is 0 Å². The maximum atomic E-state index is 3.78. The summed E-state index contributed by atoms with van der Waals surface area (Å²) in [6.07, 6.45) is 9.96. The van der Waals surface area contributed by atoms with E-state index in [1.165, 1.54) is 128 Å². The second kappa shape index (κ2) is 20.4. The van der Waals surface area contributed by atoms with Gasteiger partial charge in [0.05, 0.1) is 0 Å². The van der Waals surface area contributed by atoms with Gasteiger partial charge in [0.25, 0.3) is 0 Å². The summed E-state index contributed by atoms with van der Waals surface area (Å²) < 4.78 is 1.42. The molecule has 58 heavy (non-hydrogen) atoms. The van der Waals surface area contributed by atoms with Gasteiger partial charge in [-0.05, 0) is 75.8 Å². The van der Waals surface area contributed by atoms with Crippen LogP contribution in [-0.2, 0) is 30.7 Å². The molecule has 0 bridgehead atoms. The fraction of sp³-hybridized carbons (Fsp3) is 0.255. The van der Waals surface area contributed by atoms with Crippen LogP contribution in [0.5, 0.6) is 0 Å². The van der Waals surface area contributed by atoms with Crippen molar-refractivity contribution in [2.24, 2.45) is 11.3 Å². The van der Waals surface area contributed by atoms with Crippen LogP contribution in [0.1, 0.15) is 89.8 Å². The van der Waals surface area contributed by atoms with E-state index in [4.69, 9.17) is 0 Å². The summed E-state index contributed by atoms with van der Waals surface area (Å²) in [6.45, 7) is 22.2. The van der Waals surface area contributed by atoms with Crippen LogP contribution < -0.4 is 24.8 Å². The van der Waals surface area contributed by atoms with Crippen LogP contribution in [0.3, 0.4) is 0 Å². The number of benzene rings is 6. The molecule has 2 aliphatic carbocycles. The van der Waals surface area contributed by atoms with Crippen molar-refractivity contribution in [3.63, 3.8) is 0 Å². The van der Waals surface area contributed by atoms with E-state index in [1.807, 2.05) is 0 Å². The van der Waals surface area contributed by atoms with Crippen molar-refractivity contribution in [1.82, 2.24) is 0 Å². The fourth-order valence-electron chi connectivity index (χ4n) is 8.25. The van der Waals surface area contributed by atoms with Crippen molar-refractivity contribution >= 4 is 3.21 Å². The predicted molar refractivity (Wildman–Crippen MR) is 238 cm³/mol. The van der Waals surface area contributed by atoms with Gasteiger partial charge in [-0.2, -0.15) is 11.6 Å². The molecule has 1 atom stereocenters. The summed E-state index contributed by atoms with van der Waals surface area (Å²) in [6, 6.07) is 45.6. The molecule has 0 radical (unpaired) electrons. The van der Waals surface area contributed by atoms with Gasteiger partial charge in [-0.3, -0.25) is 6.08 Å². The fourth-order valence-corrected chi connectivity index (χ4v) is 9.07. The Bertz CT molecular complexity index is 2230. The molecule has 8 rings (SSSR count). The molecule has 0 aliphatic heterocycles. The Morgan fingerprint density at radius 1 is 0.638 bits per heavy atom. The molecule has 0 nitrogen and oxygen atoms in total. The number of fused-ring (bicyclic) bond motifs is 3. The molecular formula is C55H56Cl2Zr-2. The Morgan fingerprint density at radius 2 is 1.14 bits per heavy atom. The number of aryl methyl sites for hydroxylation is 6. The van der Waals surface area contributed by atoms with E-state index in [1.54, 1.807) is 0 Å². The summed E-state index contributed by atoms with van der Waals surface area (Å²) in [5, 5.41) is 0. The monoisotopic (exact) mass is 876 g/mol. The van der Waals surface area contributed by atoms with E-state index >= 15 is 0 Å².